The highest BCUT2D eigenvalue weighted by atomic mass is 35.5. The van der Waals surface area contributed by atoms with Crippen molar-refractivity contribution < 1.29 is 14.6 Å². The Morgan fingerprint density at radius 1 is 1.36 bits per heavy atom. The van der Waals surface area contributed by atoms with Crippen LogP contribution in [0.15, 0.2) is 36.7 Å². The van der Waals surface area contributed by atoms with E-state index in [1.807, 2.05) is 24.4 Å². The number of rotatable bonds is 3. The lowest BCUT2D eigenvalue weighted by Gasteiger charge is -2.30. The number of ether oxygens (including phenoxy) is 1. The molecule has 0 aliphatic carbocycles. The molecule has 1 N–H and O–H groups in total. The van der Waals surface area contributed by atoms with Crippen molar-refractivity contribution in [3.05, 3.63) is 41.7 Å². The van der Waals surface area contributed by atoms with Gasteiger partial charge in [-0.2, -0.15) is 5.10 Å². The number of halogens is 1. The van der Waals surface area contributed by atoms with Gasteiger partial charge >= 0.3 is 6.09 Å². The van der Waals surface area contributed by atoms with Gasteiger partial charge in [-0.1, -0.05) is 11.6 Å². The first-order valence-corrected chi connectivity index (χ1v) is 7.45. The summed E-state index contributed by atoms with van der Waals surface area (Å²) in [5.41, 5.74) is 0.757. The van der Waals surface area contributed by atoms with Gasteiger partial charge in [0.25, 0.3) is 0 Å². The zero-order valence-electron chi connectivity index (χ0n) is 11.9. The second-order valence-electron chi connectivity index (χ2n) is 5.15. The Balaban J connectivity index is 1.69. The number of hydrogen-bond acceptors (Lipinski definition) is 3. The van der Waals surface area contributed by atoms with Gasteiger partial charge in [-0.05, 0) is 18.2 Å². The molecule has 116 valence electrons. The minimum absolute atomic E-state index is 0.0160. The van der Waals surface area contributed by atoms with Crippen LogP contribution >= 0.6 is 11.6 Å². The summed E-state index contributed by atoms with van der Waals surface area (Å²) in [5, 5.41) is 13.7. The number of likely N-dealkylation sites (tertiary alicyclic amines) is 1. The normalized spacial score (nSPS) is 15.8. The van der Waals surface area contributed by atoms with Crippen molar-refractivity contribution in [2.45, 2.75) is 18.9 Å². The lowest BCUT2D eigenvalue weighted by atomic mass is 10.1. The van der Waals surface area contributed by atoms with Crippen LogP contribution < -0.4 is 4.74 Å². The van der Waals surface area contributed by atoms with E-state index in [1.165, 1.54) is 4.90 Å². The average Bonchev–Trinajstić information content (AvgIpc) is 3.04. The lowest BCUT2D eigenvalue weighted by Crippen LogP contribution is -2.41. The van der Waals surface area contributed by atoms with Crippen molar-refractivity contribution in [2.24, 2.45) is 0 Å². The van der Waals surface area contributed by atoms with Crippen LogP contribution in [-0.2, 0) is 0 Å². The summed E-state index contributed by atoms with van der Waals surface area (Å²) in [5.74, 6) is 0.712. The summed E-state index contributed by atoms with van der Waals surface area (Å²) >= 11 is 6.20. The van der Waals surface area contributed by atoms with Gasteiger partial charge < -0.3 is 14.7 Å². The number of amides is 1. The zero-order chi connectivity index (χ0) is 15.5. The molecule has 1 aromatic carbocycles. The first-order valence-electron chi connectivity index (χ1n) is 7.07. The number of piperidine rings is 1. The molecule has 0 spiro atoms. The van der Waals surface area contributed by atoms with Crippen molar-refractivity contribution in [3.8, 4) is 11.4 Å². The highest BCUT2D eigenvalue weighted by molar-refractivity contribution is 6.32. The molecular formula is C15H16ClN3O3. The molecular weight excluding hydrogens is 306 g/mol. The lowest BCUT2D eigenvalue weighted by molar-refractivity contribution is 0.0895. The van der Waals surface area contributed by atoms with Gasteiger partial charge in [0.2, 0.25) is 0 Å². The number of nitrogens with zero attached hydrogens (tertiary/aromatic N) is 3. The molecule has 1 fully saturated rings. The smallest absolute Gasteiger partial charge is 0.407 e. The topological polar surface area (TPSA) is 67.6 Å². The molecule has 0 unspecified atom stereocenters. The highest BCUT2D eigenvalue weighted by Crippen LogP contribution is 2.27. The summed E-state index contributed by atoms with van der Waals surface area (Å²) in [4.78, 5) is 12.3. The Morgan fingerprint density at radius 3 is 2.77 bits per heavy atom. The standard InChI is InChI=1S/C15H16ClN3O3/c16-13-3-2-12(10-14(13)19-7-1-6-17-19)22-11-4-8-18(9-5-11)15(20)21/h1-3,6-7,10-11H,4-5,8-9H2,(H,20,21). The predicted molar refractivity (Wildman–Crippen MR) is 81.8 cm³/mol. The second kappa shape index (κ2) is 6.27. The third-order valence-corrected chi connectivity index (χ3v) is 4.00. The van der Waals surface area contributed by atoms with Gasteiger partial charge in [-0.15, -0.1) is 0 Å². The Kier molecular flexibility index (Phi) is 4.20. The van der Waals surface area contributed by atoms with E-state index < -0.39 is 6.09 Å². The molecule has 7 heteroatoms. The van der Waals surface area contributed by atoms with E-state index in [2.05, 4.69) is 5.10 Å². The van der Waals surface area contributed by atoms with Crippen molar-refractivity contribution in [2.75, 3.05) is 13.1 Å². The molecule has 0 radical (unpaired) electrons. The van der Waals surface area contributed by atoms with Gasteiger partial charge in [-0.3, -0.25) is 0 Å². The van der Waals surface area contributed by atoms with E-state index in [0.29, 0.717) is 36.7 Å². The SMILES string of the molecule is O=C(O)N1CCC(Oc2ccc(Cl)c(-n3cccn3)c2)CC1. The van der Waals surface area contributed by atoms with Gasteiger partial charge in [0, 0.05) is 44.4 Å². The number of aromatic nitrogens is 2. The number of carbonyl (C=O) groups is 1. The fraction of sp³-hybridized carbons (Fsp3) is 0.333. The molecule has 1 aliphatic rings. The van der Waals surface area contributed by atoms with E-state index in [4.69, 9.17) is 21.4 Å². The van der Waals surface area contributed by atoms with Gasteiger partial charge in [0.15, 0.2) is 0 Å². The van der Waals surface area contributed by atoms with Crippen LogP contribution in [0.5, 0.6) is 5.75 Å². The maximum atomic E-state index is 10.9. The van der Waals surface area contributed by atoms with Crippen molar-refractivity contribution >= 4 is 17.7 Å². The van der Waals surface area contributed by atoms with Gasteiger partial charge in [0.1, 0.15) is 11.9 Å². The Labute approximate surface area is 132 Å². The monoisotopic (exact) mass is 321 g/mol. The van der Waals surface area contributed by atoms with Crippen LogP contribution in [0.3, 0.4) is 0 Å². The molecule has 1 aliphatic heterocycles. The summed E-state index contributed by atoms with van der Waals surface area (Å²) in [6, 6.07) is 7.27. The van der Waals surface area contributed by atoms with E-state index in [0.717, 1.165) is 5.69 Å². The first kappa shape index (κ1) is 14.7. The zero-order valence-corrected chi connectivity index (χ0v) is 12.6. The molecule has 1 amide bonds. The van der Waals surface area contributed by atoms with E-state index >= 15 is 0 Å². The van der Waals surface area contributed by atoms with Gasteiger partial charge in [0.05, 0.1) is 10.7 Å². The van der Waals surface area contributed by atoms with E-state index in [1.54, 1.807) is 16.9 Å². The average molecular weight is 322 g/mol. The van der Waals surface area contributed by atoms with E-state index in [-0.39, 0.29) is 6.10 Å². The Bertz CT molecular complexity index is 652. The molecule has 1 aromatic heterocycles. The summed E-state index contributed by atoms with van der Waals surface area (Å²) in [6.07, 6.45) is 4.02. The first-order chi connectivity index (χ1) is 10.6. The van der Waals surface area contributed by atoms with Crippen molar-refractivity contribution in [1.82, 2.24) is 14.7 Å². The predicted octanol–water partition coefficient (Wildman–Crippen LogP) is 3.05. The molecule has 0 saturated carbocycles. The van der Waals surface area contributed by atoms with Gasteiger partial charge in [-0.25, -0.2) is 9.48 Å². The molecule has 6 nitrogen and oxygen atoms in total. The Hall–Kier alpha value is -2.21. The van der Waals surface area contributed by atoms with Crippen LogP contribution in [0, 0.1) is 0 Å². The van der Waals surface area contributed by atoms with Crippen molar-refractivity contribution in [3.63, 3.8) is 0 Å². The van der Waals surface area contributed by atoms with Crippen LogP contribution in [-0.4, -0.2) is 45.1 Å². The third kappa shape index (κ3) is 3.17. The van der Waals surface area contributed by atoms with Crippen LogP contribution in [0.4, 0.5) is 4.79 Å². The molecule has 0 atom stereocenters. The van der Waals surface area contributed by atoms with Crippen LogP contribution in [0.1, 0.15) is 12.8 Å². The minimum Gasteiger partial charge on any atom is -0.490 e. The minimum atomic E-state index is -0.870. The van der Waals surface area contributed by atoms with Crippen LogP contribution in [0.2, 0.25) is 5.02 Å². The number of carboxylic acid groups (broad SMARTS) is 1. The summed E-state index contributed by atoms with van der Waals surface area (Å²) < 4.78 is 7.64. The molecule has 22 heavy (non-hydrogen) atoms. The maximum absolute atomic E-state index is 10.9. The molecule has 2 heterocycles. The molecule has 0 bridgehead atoms. The van der Waals surface area contributed by atoms with Crippen molar-refractivity contribution in [1.29, 1.82) is 0 Å². The number of hydrogen-bond donors (Lipinski definition) is 1. The van der Waals surface area contributed by atoms with E-state index in [9.17, 15) is 4.79 Å². The molecule has 1 saturated heterocycles. The molecule has 3 rings (SSSR count). The van der Waals surface area contributed by atoms with Crippen LogP contribution in [0.25, 0.3) is 5.69 Å². The second-order valence-corrected chi connectivity index (χ2v) is 5.56. The largest absolute Gasteiger partial charge is 0.490 e. The fourth-order valence-corrected chi connectivity index (χ4v) is 2.71. The summed E-state index contributed by atoms with van der Waals surface area (Å²) in [6.45, 7) is 0.999. The highest BCUT2D eigenvalue weighted by Gasteiger charge is 2.23. The number of benzene rings is 1. The maximum Gasteiger partial charge on any atom is 0.407 e. The third-order valence-electron chi connectivity index (χ3n) is 3.68. The molecule has 2 aromatic rings. The summed E-state index contributed by atoms with van der Waals surface area (Å²) in [7, 11) is 0. The quantitative estimate of drug-likeness (QED) is 0.943. The fourth-order valence-electron chi connectivity index (χ4n) is 2.51. The Morgan fingerprint density at radius 2 is 2.14 bits per heavy atom.